The van der Waals surface area contributed by atoms with Gasteiger partial charge in [0.1, 0.15) is 0 Å². The standard InChI is InChI=1S/C23H17N3O2/c24-13-17-8-6-16(7-9-17)12-21(27)23(28)22-20(18-4-2-1-3-5-18)11-10-19-14-25-15-26(19)22/h1-11,14-15,23,28H,12H2. The summed E-state index contributed by atoms with van der Waals surface area (Å²) in [5.41, 5.74) is 4.29. The second kappa shape index (κ2) is 7.47. The highest BCUT2D eigenvalue weighted by Crippen LogP contribution is 2.30. The normalized spacial score (nSPS) is 11.9. The highest BCUT2D eigenvalue weighted by atomic mass is 16.3. The molecule has 0 radical (unpaired) electrons. The van der Waals surface area contributed by atoms with Crippen LogP contribution in [-0.2, 0) is 11.2 Å². The van der Waals surface area contributed by atoms with Crippen molar-refractivity contribution < 1.29 is 9.90 Å². The minimum Gasteiger partial charge on any atom is -0.379 e. The lowest BCUT2D eigenvalue weighted by molar-refractivity contribution is -0.126. The zero-order chi connectivity index (χ0) is 19.5. The molecule has 0 aliphatic rings. The fourth-order valence-electron chi connectivity index (χ4n) is 3.30. The Morgan fingerprint density at radius 2 is 1.82 bits per heavy atom. The van der Waals surface area contributed by atoms with Gasteiger partial charge in [-0.2, -0.15) is 5.26 Å². The maximum absolute atomic E-state index is 12.9. The average Bonchev–Trinajstić information content (AvgIpc) is 3.22. The molecule has 0 aliphatic heterocycles. The Bertz CT molecular complexity index is 1170. The number of carbonyl (C=O) groups is 1. The van der Waals surface area contributed by atoms with E-state index in [0.29, 0.717) is 11.3 Å². The molecule has 2 aromatic carbocycles. The fraction of sp³-hybridized carbons (Fsp3) is 0.0870. The summed E-state index contributed by atoms with van der Waals surface area (Å²) in [5, 5.41) is 19.9. The van der Waals surface area contributed by atoms with Crippen LogP contribution in [0, 0.1) is 11.3 Å². The van der Waals surface area contributed by atoms with Crippen molar-refractivity contribution >= 4 is 11.3 Å². The predicted molar refractivity (Wildman–Crippen MR) is 105 cm³/mol. The number of hydrogen-bond donors (Lipinski definition) is 1. The third-order valence-corrected chi connectivity index (χ3v) is 4.73. The summed E-state index contributed by atoms with van der Waals surface area (Å²) in [5.74, 6) is -0.317. The van der Waals surface area contributed by atoms with E-state index in [1.54, 1.807) is 41.2 Å². The van der Waals surface area contributed by atoms with Crippen molar-refractivity contribution in [2.45, 2.75) is 12.5 Å². The number of ketones is 1. The van der Waals surface area contributed by atoms with Crippen LogP contribution in [0.15, 0.2) is 79.3 Å². The topological polar surface area (TPSA) is 78.4 Å². The molecule has 1 unspecified atom stereocenters. The number of imidazole rings is 1. The average molecular weight is 367 g/mol. The Kier molecular flexibility index (Phi) is 4.71. The number of rotatable bonds is 5. The van der Waals surface area contributed by atoms with Crippen LogP contribution in [0.3, 0.4) is 0 Å². The summed E-state index contributed by atoms with van der Waals surface area (Å²) >= 11 is 0. The molecule has 4 aromatic rings. The Hall–Kier alpha value is -3.75. The monoisotopic (exact) mass is 367 g/mol. The molecule has 0 bridgehead atoms. The van der Waals surface area contributed by atoms with E-state index in [2.05, 4.69) is 11.1 Å². The van der Waals surface area contributed by atoms with Crippen LogP contribution in [-0.4, -0.2) is 20.3 Å². The summed E-state index contributed by atoms with van der Waals surface area (Å²) in [6.07, 6.45) is 2.07. The number of benzene rings is 2. The lowest BCUT2D eigenvalue weighted by atomic mass is 9.96. The first-order valence-corrected chi connectivity index (χ1v) is 8.87. The maximum Gasteiger partial charge on any atom is 0.171 e. The highest BCUT2D eigenvalue weighted by molar-refractivity contribution is 5.88. The van der Waals surface area contributed by atoms with E-state index in [1.165, 1.54) is 0 Å². The van der Waals surface area contributed by atoms with E-state index < -0.39 is 6.10 Å². The van der Waals surface area contributed by atoms with Crippen LogP contribution in [0.25, 0.3) is 16.6 Å². The summed E-state index contributed by atoms with van der Waals surface area (Å²) in [6, 6.07) is 22.3. The molecule has 1 N–H and O–H groups in total. The van der Waals surface area contributed by atoms with Gasteiger partial charge in [0, 0.05) is 12.0 Å². The fourth-order valence-corrected chi connectivity index (χ4v) is 3.30. The van der Waals surface area contributed by atoms with E-state index in [-0.39, 0.29) is 12.2 Å². The van der Waals surface area contributed by atoms with Gasteiger partial charge in [-0.1, -0.05) is 48.5 Å². The molecule has 2 aromatic heterocycles. The lowest BCUT2D eigenvalue weighted by Gasteiger charge is -2.17. The molecular weight excluding hydrogens is 350 g/mol. The van der Waals surface area contributed by atoms with Gasteiger partial charge in [-0.25, -0.2) is 4.98 Å². The molecule has 0 amide bonds. The first kappa shape index (κ1) is 17.7. The number of hydrogen-bond acceptors (Lipinski definition) is 4. The predicted octanol–water partition coefficient (Wildman–Crippen LogP) is 3.72. The van der Waals surface area contributed by atoms with Crippen molar-refractivity contribution in [1.82, 2.24) is 9.38 Å². The molecule has 4 rings (SSSR count). The molecule has 2 heterocycles. The zero-order valence-corrected chi connectivity index (χ0v) is 15.0. The van der Waals surface area contributed by atoms with Crippen molar-refractivity contribution in [3.05, 3.63) is 96.1 Å². The molecule has 136 valence electrons. The van der Waals surface area contributed by atoms with Crippen molar-refractivity contribution in [1.29, 1.82) is 5.26 Å². The first-order valence-electron chi connectivity index (χ1n) is 8.87. The van der Waals surface area contributed by atoms with Crippen molar-refractivity contribution in [3.63, 3.8) is 0 Å². The Morgan fingerprint density at radius 1 is 1.07 bits per heavy atom. The number of fused-ring (bicyclic) bond motifs is 1. The van der Waals surface area contributed by atoms with E-state index in [0.717, 1.165) is 22.2 Å². The third-order valence-electron chi connectivity index (χ3n) is 4.73. The molecule has 28 heavy (non-hydrogen) atoms. The molecule has 5 nitrogen and oxygen atoms in total. The van der Waals surface area contributed by atoms with E-state index >= 15 is 0 Å². The summed E-state index contributed by atoms with van der Waals surface area (Å²) in [6.45, 7) is 0. The van der Waals surface area contributed by atoms with E-state index in [1.807, 2.05) is 42.5 Å². The lowest BCUT2D eigenvalue weighted by Crippen LogP contribution is -2.18. The van der Waals surface area contributed by atoms with Crippen LogP contribution < -0.4 is 0 Å². The molecule has 0 fully saturated rings. The number of aliphatic hydroxyl groups is 1. The molecule has 1 atom stereocenters. The van der Waals surface area contributed by atoms with Crippen molar-refractivity contribution in [3.8, 4) is 17.2 Å². The minimum absolute atomic E-state index is 0.0756. The van der Waals surface area contributed by atoms with Gasteiger partial charge >= 0.3 is 0 Å². The molecule has 0 aliphatic carbocycles. The van der Waals surface area contributed by atoms with Gasteiger partial charge in [0.15, 0.2) is 11.9 Å². The highest BCUT2D eigenvalue weighted by Gasteiger charge is 2.24. The van der Waals surface area contributed by atoms with Gasteiger partial charge in [0.05, 0.1) is 35.4 Å². The second-order valence-corrected chi connectivity index (χ2v) is 6.54. The zero-order valence-electron chi connectivity index (χ0n) is 15.0. The van der Waals surface area contributed by atoms with Crippen LogP contribution in [0.1, 0.15) is 22.9 Å². The molecule has 0 saturated heterocycles. The number of nitrogens with zero attached hydrogens (tertiary/aromatic N) is 3. The van der Waals surface area contributed by atoms with Crippen LogP contribution >= 0.6 is 0 Å². The molecule has 0 spiro atoms. The van der Waals surface area contributed by atoms with Gasteiger partial charge in [-0.15, -0.1) is 0 Å². The summed E-state index contributed by atoms with van der Waals surface area (Å²) in [4.78, 5) is 17.0. The number of Topliss-reactive ketones (excluding diaryl/α,β-unsaturated/α-hetero) is 1. The van der Waals surface area contributed by atoms with Crippen molar-refractivity contribution in [2.75, 3.05) is 0 Å². The van der Waals surface area contributed by atoms with Gasteiger partial charge in [0.25, 0.3) is 0 Å². The number of aromatic nitrogens is 2. The van der Waals surface area contributed by atoms with E-state index in [9.17, 15) is 9.90 Å². The van der Waals surface area contributed by atoms with Gasteiger partial charge < -0.3 is 5.11 Å². The quantitative estimate of drug-likeness (QED) is 0.583. The smallest absolute Gasteiger partial charge is 0.171 e. The number of pyridine rings is 1. The molecular formula is C23H17N3O2. The Labute approximate surface area is 162 Å². The Morgan fingerprint density at radius 3 is 2.54 bits per heavy atom. The van der Waals surface area contributed by atoms with Gasteiger partial charge in [-0.05, 0) is 29.3 Å². The molecule has 0 saturated carbocycles. The summed E-state index contributed by atoms with van der Waals surface area (Å²) in [7, 11) is 0. The van der Waals surface area contributed by atoms with Gasteiger partial charge in [-0.3, -0.25) is 9.20 Å². The molecule has 5 heteroatoms. The van der Waals surface area contributed by atoms with E-state index in [4.69, 9.17) is 5.26 Å². The van der Waals surface area contributed by atoms with Gasteiger partial charge in [0.2, 0.25) is 0 Å². The first-order chi connectivity index (χ1) is 13.7. The van der Waals surface area contributed by atoms with Crippen LogP contribution in [0.2, 0.25) is 0 Å². The summed E-state index contributed by atoms with van der Waals surface area (Å²) < 4.78 is 1.75. The maximum atomic E-state index is 12.9. The number of carbonyl (C=O) groups excluding carboxylic acids is 1. The Balaban J connectivity index is 1.73. The van der Waals surface area contributed by atoms with Crippen LogP contribution in [0.5, 0.6) is 0 Å². The number of nitriles is 1. The third kappa shape index (κ3) is 3.29. The largest absolute Gasteiger partial charge is 0.379 e. The minimum atomic E-state index is -1.30. The number of aliphatic hydroxyl groups excluding tert-OH is 1. The second-order valence-electron chi connectivity index (χ2n) is 6.54. The van der Waals surface area contributed by atoms with Crippen molar-refractivity contribution in [2.24, 2.45) is 0 Å². The van der Waals surface area contributed by atoms with Crippen LogP contribution in [0.4, 0.5) is 0 Å². The SMILES string of the molecule is N#Cc1ccc(CC(=O)C(O)c2c(-c3ccccc3)ccc3cncn23)cc1.